The third-order valence-corrected chi connectivity index (χ3v) is 5.64. The van der Waals surface area contributed by atoms with Crippen LogP contribution < -0.4 is 5.32 Å². The highest BCUT2D eigenvalue weighted by Crippen LogP contribution is 2.23. The predicted molar refractivity (Wildman–Crippen MR) is 108 cm³/mol. The van der Waals surface area contributed by atoms with Crippen molar-refractivity contribution in [2.24, 2.45) is 11.8 Å². The Morgan fingerprint density at radius 1 is 1.22 bits per heavy atom. The zero-order valence-corrected chi connectivity index (χ0v) is 18.0. The third-order valence-electron chi connectivity index (χ3n) is 5.64. The highest BCUT2D eigenvalue weighted by atomic mass is 16.2. The van der Waals surface area contributed by atoms with Crippen molar-refractivity contribution in [2.75, 3.05) is 27.2 Å². The molecule has 1 rings (SSSR count). The molecule has 27 heavy (non-hydrogen) atoms. The van der Waals surface area contributed by atoms with Crippen LogP contribution >= 0.6 is 0 Å². The standard InChI is InChI=1S/C21H37N3O3/c1-8-17-9-10-18(24(7)13-17)20(26)22-19(14(2)3)21(27)23(6)12-11-15(4)16(5)25/h11,14,17-19H,8-10,12-13H2,1-7H3,(H,22,26)/b15-11+/t17-,18-,19?/m0/s1. The van der Waals surface area contributed by atoms with Crippen LogP contribution in [0.2, 0.25) is 0 Å². The van der Waals surface area contributed by atoms with Crippen molar-refractivity contribution in [2.45, 2.75) is 66.0 Å². The van der Waals surface area contributed by atoms with Gasteiger partial charge in [0.15, 0.2) is 5.78 Å². The smallest absolute Gasteiger partial charge is 0.245 e. The molecule has 0 saturated carbocycles. The molecule has 0 aromatic heterocycles. The van der Waals surface area contributed by atoms with Crippen LogP contribution in [0.15, 0.2) is 11.6 Å². The molecule has 0 aromatic carbocycles. The van der Waals surface area contributed by atoms with Crippen molar-refractivity contribution >= 4 is 17.6 Å². The Labute approximate surface area is 164 Å². The van der Waals surface area contributed by atoms with Gasteiger partial charge in [0.1, 0.15) is 6.04 Å². The van der Waals surface area contributed by atoms with Crippen LogP contribution in [0.4, 0.5) is 0 Å². The molecule has 1 N–H and O–H groups in total. The quantitative estimate of drug-likeness (QED) is 0.657. The van der Waals surface area contributed by atoms with Gasteiger partial charge >= 0.3 is 0 Å². The fourth-order valence-corrected chi connectivity index (χ4v) is 3.41. The summed E-state index contributed by atoms with van der Waals surface area (Å²) in [6.45, 7) is 10.6. The number of nitrogens with one attached hydrogen (secondary N) is 1. The fraction of sp³-hybridized carbons (Fsp3) is 0.762. The van der Waals surface area contributed by atoms with Crippen molar-refractivity contribution in [3.63, 3.8) is 0 Å². The second-order valence-corrected chi connectivity index (χ2v) is 8.20. The second-order valence-electron chi connectivity index (χ2n) is 8.20. The van der Waals surface area contributed by atoms with Gasteiger partial charge in [-0.15, -0.1) is 0 Å². The number of nitrogens with zero attached hydrogens (tertiary/aromatic N) is 2. The Bertz CT molecular complexity index is 571. The minimum Gasteiger partial charge on any atom is -0.343 e. The highest BCUT2D eigenvalue weighted by Gasteiger charge is 2.33. The van der Waals surface area contributed by atoms with Crippen LogP contribution in [0.25, 0.3) is 0 Å². The van der Waals surface area contributed by atoms with Gasteiger partial charge < -0.3 is 10.2 Å². The molecule has 1 heterocycles. The monoisotopic (exact) mass is 379 g/mol. The fourth-order valence-electron chi connectivity index (χ4n) is 3.41. The maximum Gasteiger partial charge on any atom is 0.245 e. The summed E-state index contributed by atoms with van der Waals surface area (Å²) in [6, 6.07) is -0.738. The first-order valence-electron chi connectivity index (χ1n) is 10.0. The molecule has 1 aliphatic heterocycles. The summed E-state index contributed by atoms with van der Waals surface area (Å²) in [7, 11) is 3.69. The van der Waals surface area contributed by atoms with Crippen LogP contribution in [0.1, 0.15) is 53.9 Å². The summed E-state index contributed by atoms with van der Waals surface area (Å²) < 4.78 is 0. The first-order chi connectivity index (χ1) is 12.6. The molecular weight excluding hydrogens is 342 g/mol. The number of likely N-dealkylation sites (N-methyl/N-ethyl adjacent to an activating group) is 2. The summed E-state index contributed by atoms with van der Waals surface area (Å²) in [6.07, 6.45) is 4.76. The summed E-state index contributed by atoms with van der Waals surface area (Å²) in [5, 5.41) is 2.98. The van der Waals surface area contributed by atoms with Crippen molar-refractivity contribution < 1.29 is 14.4 Å². The van der Waals surface area contributed by atoms with Crippen LogP contribution in [-0.4, -0.2) is 66.7 Å². The lowest BCUT2D eigenvalue weighted by Crippen LogP contribution is -2.56. The number of likely N-dealkylation sites (tertiary alicyclic amines) is 1. The molecule has 0 aromatic rings. The molecule has 1 aliphatic rings. The van der Waals surface area contributed by atoms with E-state index in [-0.39, 0.29) is 29.6 Å². The largest absolute Gasteiger partial charge is 0.343 e. The molecule has 0 radical (unpaired) electrons. The molecule has 2 amide bonds. The Morgan fingerprint density at radius 2 is 1.85 bits per heavy atom. The van der Waals surface area contributed by atoms with Crippen LogP contribution in [0, 0.1) is 11.8 Å². The Kier molecular flexibility index (Phi) is 9.16. The number of hydrogen-bond donors (Lipinski definition) is 1. The van der Waals surface area contributed by atoms with Gasteiger partial charge in [0.05, 0.1) is 6.04 Å². The Hall–Kier alpha value is -1.69. The van der Waals surface area contributed by atoms with Gasteiger partial charge in [-0.2, -0.15) is 0 Å². The number of ketones is 1. The zero-order chi connectivity index (χ0) is 20.7. The SMILES string of the molecule is CC[C@H]1CC[C@@H](C(=O)NC(C(=O)N(C)C/C=C(\C)C(C)=O)C(C)C)N(C)C1. The van der Waals surface area contributed by atoms with E-state index >= 15 is 0 Å². The number of piperidine rings is 1. The topological polar surface area (TPSA) is 69.7 Å². The summed E-state index contributed by atoms with van der Waals surface area (Å²) in [5.74, 6) is 0.428. The molecule has 6 heteroatoms. The molecule has 0 bridgehead atoms. The number of rotatable bonds is 8. The van der Waals surface area contributed by atoms with Gasteiger partial charge in [0.2, 0.25) is 11.8 Å². The van der Waals surface area contributed by atoms with E-state index in [2.05, 4.69) is 17.1 Å². The van der Waals surface area contributed by atoms with Crippen molar-refractivity contribution in [1.82, 2.24) is 15.1 Å². The lowest BCUT2D eigenvalue weighted by molar-refractivity contribution is -0.138. The molecule has 1 fully saturated rings. The van der Waals surface area contributed by atoms with E-state index in [1.54, 1.807) is 24.9 Å². The Balaban J connectivity index is 2.75. The Morgan fingerprint density at radius 3 is 2.33 bits per heavy atom. The first-order valence-corrected chi connectivity index (χ1v) is 10.0. The van der Waals surface area contributed by atoms with E-state index < -0.39 is 6.04 Å². The minimum atomic E-state index is -0.564. The van der Waals surface area contributed by atoms with Gasteiger partial charge in [-0.1, -0.05) is 33.3 Å². The molecule has 6 nitrogen and oxygen atoms in total. The van der Waals surface area contributed by atoms with Gasteiger partial charge in [0, 0.05) is 20.1 Å². The third kappa shape index (κ3) is 6.76. The number of Topliss-reactive ketones (excluding diaryl/α,β-unsaturated/α-hetero) is 1. The number of carbonyl (C=O) groups excluding carboxylic acids is 3. The van der Waals surface area contributed by atoms with E-state index in [1.807, 2.05) is 20.9 Å². The maximum absolute atomic E-state index is 12.8. The molecule has 154 valence electrons. The number of hydrogen-bond acceptors (Lipinski definition) is 4. The van der Waals surface area contributed by atoms with E-state index in [1.165, 1.54) is 6.92 Å². The van der Waals surface area contributed by atoms with E-state index in [4.69, 9.17) is 0 Å². The van der Waals surface area contributed by atoms with E-state index in [9.17, 15) is 14.4 Å². The normalized spacial score (nSPS) is 22.4. The van der Waals surface area contributed by atoms with E-state index in [0.29, 0.717) is 18.0 Å². The molecule has 1 saturated heterocycles. The number of allylic oxidation sites excluding steroid dienone is 1. The van der Waals surface area contributed by atoms with Crippen molar-refractivity contribution in [3.8, 4) is 0 Å². The number of amides is 2. The molecule has 0 aliphatic carbocycles. The highest BCUT2D eigenvalue weighted by molar-refractivity contribution is 5.93. The summed E-state index contributed by atoms with van der Waals surface area (Å²) in [5.41, 5.74) is 0.633. The molecule has 0 spiro atoms. The lowest BCUT2D eigenvalue weighted by atomic mass is 9.90. The van der Waals surface area contributed by atoms with Crippen LogP contribution in [0.3, 0.4) is 0 Å². The van der Waals surface area contributed by atoms with E-state index in [0.717, 1.165) is 25.8 Å². The number of carbonyl (C=O) groups is 3. The van der Waals surface area contributed by atoms with Gasteiger partial charge in [-0.05, 0) is 51.1 Å². The lowest BCUT2D eigenvalue weighted by Gasteiger charge is -2.37. The summed E-state index contributed by atoms with van der Waals surface area (Å²) >= 11 is 0. The van der Waals surface area contributed by atoms with Gasteiger partial charge in [-0.3, -0.25) is 19.3 Å². The van der Waals surface area contributed by atoms with Crippen molar-refractivity contribution in [3.05, 3.63) is 11.6 Å². The maximum atomic E-state index is 12.8. The molecule has 3 atom stereocenters. The first kappa shape index (κ1) is 23.3. The van der Waals surface area contributed by atoms with Crippen molar-refractivity contribution in [1.29, 1.82) is 0 Å². The van der Waals surface area contributed by atoms with Gasteiger partial charge in [-0.25, -0.2) is 0 Å². The molecular formula is C21H37N3O3. The predicted octanol–water partition coefficient (Wildman–Crippen LogP) is 2.24. The average Bonchev–Trinajstić information content (AvgIpc) is 2.62. The zero-order valence-electron chi connectivity index (χ0n) is 18.0. The average molecular weight is 380 g/mol. The minimum absolute atomic E-state index is 0.00437. The van der Waals surface area contributed by atoms with Crippen LogP contribution in [0.5, 0.6) is 0 Å². The summed E-state index contributed by atoms with van der Waals surface area (Å²) in [4.78, 5) is 40.7. The second kappa shape index (κ2) is 10.6. The molecule has 1 unspecified atom stereocenters. The van der Waals surface area contributed by atoms with Crippen LogP contribution in [-0.2, 0) is 14.4 Å². The van der Waals surface area contributed by atoms with Gasteiger partial charge in [0.25, 0.3) is 0 Å².